The Morgan fingerprint density at radius 1 is 0.889 bits per heavy atom. The van der Waals surface area contributed by atoms with Gasteiger partial charge in [0.15, 0.2) is 0 Å². The van der Waals surface area contributed by atoms with Crippen LogP contribution in [0.15, 0.2) is 71.2 Å². The minimum absolute atomic E-state index is 0.0121. The zero-order valence-electron chi connectivity index (χ0n) is 26.2. The Balaban J connectivity index is 1.85. The molecule has 1 saturated heterocycles. The number of hydrogen-bond acceptors (Lipinski definition) is 10. The van der Waals surface area contributed by atoms with Gasteiger partial charge in [0.2, 0.25) is 0 Å². The zero-order chi connectivity index (χ0) is 33.1. The third-order valence-electron chi connectivity index (χ3n) is 7.52. The van der Waals surface area contributed by atoms with E-state index >= 15 is 0 Å². The Kier molecular flexibility index (Phi) is 9.51. The maximum atomic E-state index is 14.1. The second-order valence-corrected chi connectivity index (χ2v) is 11.6. The number of anilines is 1. The van der Waals surface area contributed by atoms with E-state index < -0.39 is 35.5 Å². The molecule has 2 N–H and O–H groups in total. The van der Waals surface area contributed by atoms with E-state index in [1.54, 1.807) is 86.0 Å². The van der Waals surface area contributed by atoms with Crippen LogP contribution >= 0.6 is 0 Å². The number of piperazine rings is 1. The lowest BCUT2D eigenvalue weighted by Gasteiger charge is -2.38. The summed E-state index contributed by atoms with van der Waals surface area (Å²) in [5.41, 5.74) is 7.05. The van der Waals surface area contributed by atoms with Crippen molar-refractivity contribution in [2.24, 2.45) is 5.73 Å². The first-order valence-electron chi connectivity index (χ1n) is 14.4. The number of ether oxygens (including phenoxy) is 3. The van der Waals surface area contributed by atoms with Crippen molar-refractivity contribution in [3.63, 3.8) is 0 Å². The molecule has 236 valence electrons. The van der Waals surface area contributed by atoms with Gasteiger partial charge in [-0.1, -0.05) is 42.5 Å². The Morgan fingerprint density at radius 2 is 1.49 bits per heavy atom. The average Bonchev–Trinajstić information content (AvgIpc) is 3.02. The van der Waals surface area contributed by atoms with Gasteiger partial charge in [-0.05, 0) is 44.9 Å². The van der Waals surface area contributed by atoms with Crippen molar-refractivity contribution in [1.29, 1.82) is 5.26 Å². The van der Waals surface area contributed by atoms with Crippen LogP contribution < -0.4 is 10.6 Å². The standard InChI is InChI=1S/C33H37N5O7/c1-20-11-10-14-22(29(39)36-15-17-37(18-16-36)32(42)45-33(2,3)4)26(20)38-27(31(41)44-6)25(30(40)43-5)24(23(19-34)28(38)35)21-12-8-7-9-13-21/h7-14,24H,15-18,35H2,1-6H3. The third-order valence-corrected chi connectivity index (χ3v) is 7.52. The SMILES string of the molecule is COC(=O)C1=C(C(=O)OC)N(c2c(C)cccc2C(=O)N2CCN(C(=O)OC(C)(C)C)CC2)C(N)=C(C#N)C1c1ccccc1. The topological polar surface area (TPSA) is 156 Å². The van der Waals surface area contributed by atoms with Crippen LogP contribution in [0.4, 0.5) is 10.5 Å². The first kappa shape index (κ1) is 32.6. The Morgan fingerprint density at radius 3 is 2.04 bits per heavy atom. The largest absolute Gasteiger partial charge is 0.466 e. The molecule has 2 heterocycles. The molecule has 0 saturated carbocycles. The molecule has 0 aliphatic carbocycles. The normalized spacial score (nSPS) is 17.1. The second-order valence-electron chi connectivity index (χ2n) is 11.6. The van der Waals surface area contributed by atoms with Gasteiger partial charge in [0.1, 0.15) is 17.1 Å². The highest BCUT2D eigenvalue weighted by molar-refractivity contribution is 6.09. The number of para-hydroxylation sites is 1. The first-order chi connectivity index (χ1) is 21.3. The summed E-state index contributed by atoms with van der Waals surface area (Å²) in [5.74, 6) is -3.36. The van der Waals surface area contributed by atoms with Crippen LogP contribution in [-0.4, -0.2) is 79.7 Å². The number of aryl methyl sites for hydroxylation is 1. The molecule has 2 aromatic rings. The summed E-state index contributed by atoms with van der Waals surface area (Å²) in [6, 6.07) is 15.8. The van der Waals surface area contributed by atoms with Crippen LogP contribution in [0, 0.1) is 18.3 Å². The summed E-state index contributed by atoms with van der Waals surface area (Å²) in [4.78, 5) is 58.1. The molecule has 4 rings (SSSR count). The van der Waals surface area contributed by atoms with E-state index in [-0.39, 0.29) is 60.1 Å². The Labute approximate surface area is 262 Å². The second kappa shape index (κ2) is 13.1. The molecule has 2 amide bonds. The molecule has 0 aromatic heterocycles. The van der Waals surface area contributed by atoms with E-state index in [4.69, 9.17) is 19.9 Å². The van der Waals surface area contributed by atoms with E-state index in [9.17, 15) is 24.4 Å². The first-order valence-corrected chi connectivity index (χ1v) is 14.4. The third kappa shape index (κ3) is 6.47. The van der Waals surface area contributed by atoms with Crippen molar-refractivity contribution in [1.82, 2.24) is 9.80 Å². The minimum Gasteiger partial charge on any atom is -0.466 e. The van der Waals surface area contributed by atoms with Gasteiger partial charge in [0.25, 0.3) is 5.91 Å². The summed E-state index contributed by atoms with van der Waals surface area (Å²) in [6.07, 6.45) is -0.461. The van der Waals surface area contributed by atoms with Crippen molar-refractivity contribution >= 4 is 29.6 Å². The molecule has 0 bridgehead atoms. The number of allylic oxidation sites excluding steroid dienone is 1. The monoisotopic (exact) mass is 615 g/mol. The molecule has 12 nitrogen and oxygen atoms in total. The van der Waals surface area contributed by atoms with Gasteiger partial charge in [-0.25, -0.2) is 14.4 Å². The highest BCUT2D eigenvalue weighted by atomic mass is 16.6. The van der Waals surface area contributed by atoms with Gasteiger partial charge in [-0.3, -0.25) is 9.69 Å². The van der Waals surface area contributed by atoms with Crippen molar-refractivity contribution < 1.29 is 33.4 Å². The molecule has 1 atom stereocenters. The lowest BCUT2D eigenvalue weighted by atomic mass is 9.80. The van der Waals surface area contributed by atoms with Gasteiger partial charge in [-0.2, -0.15) is 5.26 Å². The summed E-state index contributed by atoms with van der Waals surface area (Å²) in [7, 11) is 2.33. The highest BCUT2D eigenvalue weighted by Gasteiger charge is 2.44. The number of esters is 2. The van der Waals surface area contributed by atoms with Gasteiger partial charge in [0.05, 0.1) is 48.6 Å². The van der Waals surface area contributed by atoms with Crippen LogP contribution in [-0.2, 0) is 23.8 Å². The Hall–Kier alpha value is -5.31. The van der Waals surface area contributed by atoms with Crippen LogP contribution in [0.1, 0.15) is 48.2 Å². The van der Waals surface area contributed by atoms with Crippen LogP contribution in [0.3, 0.4) is 0 Å². The minimum atomic E-state index is -1.04. The lowest BCUT2D eigenvalue weighted by Crippen LogP contribution is -2.52. The fourth-order valence-corrected chi connectivity index (χ4v) is 5.46. The Bertz CT molecular complexity index is 1610. The molecule has 1 unspecified atom stereocenters. The fraction of sp³-hybridized carbons (Fsp3) is 0.364. The summed E-state index contributed by atoms with van der Waals surface area (Å²) < 4.78 is 15.7. The molecule has 0 radical (unpaired) electrons. The van der Waals surface area contributed by atoms with Crippen molar-refractivity contribution in [2.75, 3.05) is 45.3 Å². The zero-order valence-corrected chi connectivity index (χ0v) is 26.2. The van der Waals surface area contributed by atoms with E-state index in [1.807, 2.05) is 0 Å². The summed E-state index contributed by atoms with van der Waals surface area (Å²) in [6.45, 7) is 8.04. The molecule has 12 heteroatoms. The number of carbonyl (C=O) groups is 4. The van der Waals surface area contributed by atoms with E-state index in [0.717, 1.165) is 7.11 Å². The average molecular weight is 616 g/mol. The van der Waals surface area contributed by atoms with Crippen LogP contribution in [0.5, 0.6) is 0 Å². The highest BCUT2D eigenvalue weighted by Crippen LogP contribution is 2.45. The maximum absolute atomic E-state index is 14.1. The number of nitriles is 1. The number of benzene rings is 2. The lowest BCUT2D eigenvalue weighted by molar-refractivity contribution is -0.139. The molecule has 2 aromatic carbocycles. The molecule has 1 fully saturated rings. The molecule has 2 aliphatic rings. The molecule has 45 heavy (non-hydrogen) atoms. The molecule has 0 spiro atoms. The molecular weight excluding hydrogens is 578 g/mol. The van der Waals surface area contributed by atoms with Gasteiger partial charge >= 0.3 is 18.0 Å². The number of rotatable bonds is 5. The van der Waals surface area contributed by atoms with Crippen LogP contribution in [0.25, 0.3) is 0 Å². The fourth-order valence-electron chi connectivity index (χ4n) is 5.46. The smallest absolute Gasteiger partial charge is 0.410 e. The predicted molar refractivity (Wildman–Crippen MR) is 164 cm³/mol. The molecular formula is C33H37N5O7. The number of methoxy groups -OCH3 is 2. The van der Waals surface area contributed by atoms with Crippen molar-refractivity contribution in [3.05, 3.63) is 87.9 Å². The summed E-state index contributed by atoms with van der Waals surface area (Å²) >= 11 is 0. The molecule has 2 aliphatic heterocycles. The van der Waals surface area contributed by atoms with Crippen molar-refractivity contribution in [3.8, 4) is 6.07 Å². The predicted octanol–water partition coefficient (Wildman–Crippen LogP) is 3.59. The van der Waals surface area contributed by atoms with Gasteiger partial charge in [-0.15, -0.1) is 0 Å². The van der Waals surface area contributed by atoms with Gasteiger partial charge < -0.3 is 29.7 Å². The number of nitrogens with zero attached hydrogens (tertiary/aromatic N) is 4. The number of amides is 2. The number of hydrogen-bond donors (Lipinski definition) is 1. The van der Waals surface area contributed by atoms with E-state index in [2.05, 4.69) is 6.07 Å². The van der Waals surface area contributed by atoms with Gasteiger partial charge in [0, 0.05) is 26.2 Å². The van der Waals surface area contributed by atoms with E-state index in [0.29, 0.717) is 11.1 Å². The summed E-state index contributed by atoms with van der Waals surface area (Å²) in [5, 5.41) is 10.4. The maximum Gasteiger partial charge on any atom is 0.410 e. The van der Waals surface area contributed by atoms with Crippen molar-refractivity contribution in [2.45, 2.75) is 39.2 Å². The quantitative estimate of drug-likeness (QED) is 0.390. The van der Waals surface area contributed by atoms with Crippen LogP contribution in [0.2, 0.25) is 0 Å². The number of carbonyl (C=O) groups excluding carboxylic acids is 4. The van der Waals surface area contributed by atoms with E-state index in [1.165, 1.54) is 12.0 Å². The number of nitrogens with two attached hydrogens (primary N) is 1.